The molecule has 0 bridgehead atoms. The molecular weight excluding hydrogens is 286 g/mol. The van der Waals surface area contributed by atoms with Gasteiger partial charge in [-0.15, -0.1) is 0 Å². The monoisotopic (exact) mass is 301 g/mol. The minimum absolute atomic E-state index is 0.0382. The van der Waals surface area contributed by atoms with E-state index in [2.05, 4.69) is 19.9 Å². The number of anilines is 1. The normalized spacial score (nSPS) is 15.5. The Hall–Kier alpha value is -2.77. The van der Waals surface area contributed by atoms with Crippen LogP contribution in [0.4, 0.5) is 11.5 Å². The lowest BCUT2D eigenvalue weighted by Crippen LogP contribution is -2.38. The van der Waals surface area contributed by atoms with Gasteiger partial charge in [-0.1, -0.05) is 6.07 Å². The third kappa shape index (κ3) is 3.11. The van der Waals surface area contributed by atoms with Crippen LogP contribution < -0.4 is 9.64 Å². The maximum absolute atomic E-state index is 10.9. The predicted octanol–water partition coefficient (Wildman–Crippen LogP) is 1.83. The molecule has 3 heterocycles. The number of hydrogen-bond donors (Lipinski definition) is 0. The van der Waals surface area contributed by atoms with Gasteiger partial charge in [-0.05, 0) is 12.1 Å². The second kappa shape index (κ2) is 6.33. The molecule has 0 aliphatic carbocycles. The topological polar surface area (TPSA) is 94.3 Å². The van der Waals surface area contributed by atoms with Gasteiger partial charge in [-0.25, -0.2) is 9.97 Å². The number of hydrogen-bond acceptors (Lipinski definition) is 7. The van der Waals surface area contributed by atoms with Crippen molar-refractivity contribution in [2.75, 3.05) is 18.0 Å². The van der Waals surface area contributed by atoms with E-state index < -0.39 is 4.92 Å². The zero-order valence-electron chi connectivity index (χ0n) is 11.8. The molecule has 1 aliphatic heterocycles. The second-order valence-corrected chi connectivity index (χ2v) is 4.96. The zero-order valence-corrected chi connectivity index (χ0v) is 11.8. The molecule has 0 saturated carbocycles. The molecule has 114 valence electrons. The third-order valence-corrected chi connectivity index (χ3v) is 3.55. The standard InChI is InChI=1S/C14H15N5O3/c20-19(21)12-9-15-10-17-14(12)22-11-4-7-18(8-5-11)13-3-1-2-6-16-13/h1-3,6,9-11H,4-5,7-8H2. The van der Waals surface area contributed by atoms with Crippen molar-refractivity contribution in [1.82, 2.24) is 15.0 Å². The van der Waals surface area contributed by atoms with E-state index in [0.29, 0.717) is 0 Å². The van der Waals surface area contributed by atoms with Crippen LogP contribution >= 0.6 is 0 Å². The van der Waals surface area contributed by atoms with Gasteiger partial charge in [0.1, 0.15) is 24.4 Å². The van der Waals surface area contributed by atoms with E-state index in [1.807, 2.05) is 18.2 Å². The Labute approximate surface area is 126 Å². The summed E-state index contributed by atoms with van der Waals surface area (Å²) in [6.07, 6.45) is 5.61. The van der Waals surface area contributed by atoms with Crippen molar-refractivity contribution in [3.8, 4) is 5.88 Å². The average molecular weight is 301 g/mol. The molecule has 2 aromatic heterocycles. The summed E-state index contributed by atoms with van der Waals surface area (Å²) >= 11 is 0. The van der Waals surface area contributed by atoms with Crippen LogP contribution in [0, 0.1) is 10.1 Å². The number of nitro groups is 1. The smallest absolute Gasteiger partial charge is 0.349 e. The molecule has 3 rings (SSSR count). The third-order valence-electron chi connectivity index (χ3n) is 3.55. The molecule has 1 saturated heterocycles. The summed E-state index contributed by atoms with van der Waals surface area (Å²) in [5.74, 6) is 0.977. The van der Waals surface area contributed by atoms with Crippen molar-refractivity contribution in [3.05, 3.63) is 47.0 Å². The predicted molar refractivity (Wildman–Crippen MR) is 78.8 cm³/mol. The molecular formula is C14H15N5O3. The Balaban J connectivity index is 1.62. The number of aromatic nitrogens is 3. The molecule has 1 aliphatic rings. The summed E-state index contributed by atoms with van der Waals surface area (Å²) in [5.41, 5.74) is -0.199. The van der Waals surface area contributed by atoms with E-state index in [-0.39, 0.29) is 17.7 Å². The van der Waals surface area contributed by atoms with E-state index in [0.717, 1.165) is 37.9 Å². The Kier molecular flexibility index (Phi) is 4.08. The molecule has 0 spiro atoms. The summed E-state index contributed by atoms with van der Waals surface area (Å²) in [7, 11) is 0. The van der Waals surface area contributed by atoms with Crippen molar-refractivity contribution in [2.45, 2.75) is 18.9 Å². The first-order valence-corrected chi connectivity index (χ1v) is 7.01. The highest BCUT2D eigenvalue weighted by molar-refractivity contribution is 5.39. The molecule has 0 atom stereocenters. The molecule has 1 fully saturated rings. The highest BCUT2D eigenvalue weighted by atomic mass is 16.6. The van der Waals surface area contributed by atoms with Gasteiger partial charge in [0.2, 0.25) is 0 Å². The molecule has 0 N–H and O–H groups in total. The van der Waals surface area contributed by atoms with Gasteiger partial charge in [0, 0.05) is 32.1 Å². The fourth-order valence-electron chi connectivity index (χ4n) is 2.43. The number of piperidine rings is 1. The fourth-order valence-corrected chi connectivity index (χ4v) is 2.43. The van der Waals surface area contributed by atoms with E-state index in [1.54, 1.807) is 6.20 Å². The second-order valence-electron chi connectivity index (χ2n) is 4.96. The van der Waals surface area contributed by atoms with Gasteiger partial charge >= 0.3 is 5.69 Å². The van der Waals surface area contributed by atoms with Gasteiger partial charge in [0.25, 0.3) is 5.88 Å². The summed E-state index contributed by atoms with van der Waals surface area (Å²) < 4.78 is 5.69. The highest BCUT2D eigenvalue weighted by Crippen LogP contribution is 2.26. The van der Waals surface area contributed by atoms with Crippen LogP contribution in [0.2, 0.25) is 0 Å². The minimum atomic E-state index is -0.529. The maximum atomic E-state index is 10.9. The molecule has 22 heavy (non-hydrogen) atoms. The Morgan fingerprint density at radius 1 is 1.27 bits per heavy atom. The minimum Gasteiger partial charge on any atom is -0.469 e. The molecule has 8 nitrogen and oxygen atoms in total. The van der Waals surface area contributed by atoms with Crippen LogP contribution in [0.3, 0.4) is 0 Å². The Bertz CT molecular complexity index is 644. The van der Waals surface area contributed by atoms with Crippen LogP contribution in [0.1, 0.15) is 12.8 Å². The van der Waals surface area contributed by atoms with Crippen LogP contribution in [0.25, 0.3) is 0 Å². The number of pyridine rings is 1. The van der Waals surface area contributed by atoms with Crippen LogP contribution in [0.15, 0.2) is 36.9 Å². The maximum Gasteiger partial charge on any atom is 0.349 e. The van der Waals surface area contributed by atoms with Crippen molar-refractivity contribution in [1.29, 1.82) is 0 Å². The van der Waals surface area contributed by atoms with Crippen LogP contribution in [-0.4, -0.2) is 39.1 Å². The summed E-state index contributed by atoms with van der Waals surface area (Å²) in [4.78, 5) is 24.4. The SMILES string of the molecule is O=[N+]([O-])c1cncnc1OC1CCN(c2ccccn2)CC1. The van der Waals surface area contributed by atoms with Crippen molar-refractivity contribution < 1.29 is 9.66 Å². The van der Waals surface area contributed by atoms with E-state index in [9.17, 15) is 10.1 Å². The van der Waals surface area contributed by atoms with E-state index in [1.165, 1.54) is 6.33 Å². The molecule has 8 heteroatoms. The zero-order chi connectivity index (χ0) is 15.4. The number of ether oxygens (including phenoxy) is 1. The molecule has 0 unspecified atom stereocenters. The van der Waals surface area contributed by atoms with Gasteiger partial charge < -0.3 is 9.64 Å². The van der Waals surface area contributed by atoms with Crippen molar-refractivity contribution in [2.24, 2.45) is 0 Å². The largest absolute Gasteiger partial charge is 0.469 e. The lowest BCUT2D eigenvalue weighted by molar-refractivity contribution is -0.386. The number of nitrogens with zero attached hydrogens (tertiary/aromatic N) is 5. The fraction of sp³-hybridized carbons (Fsp3) is 0.357. The molecule has 0 amide bonds. The van der Waals surface area contributed by atoms with Gasteiger partial charge in [-0.3, -0.25) is 10.1 Å². The van der Waals surface area contributed by atoms with E-state index in [4.69, 9.17) is 4.74 Å². The average Bonchev–Trinajstić information content (AvgIpc) is 2.57. The van der Waals surface area contributed by atoms with E-state index >= 15 is 0 Å². The number of rotatable bonds is 4. The van der Waals surface area contributed by atoms with Gasteiger partial charge in [0.05, 0.1) is 4.92 Å². The summed E-state index contributed by atoms with van der Waals surface area (Å²) in [5, 5.41) is 10.9. The van der Waals surface area contributed by atoms with Crippen molar-refractivity contribution >= 4 is 11.5 Å². The first-order chi connectivity index (χ1) is 10.7. The molecule has 0 aromatic carbocycles. The first-order valence-electron chi connectivity index (χ1n) is 7.01. The lowest BCUT2D eigenvalue weighted by Gasteiger charge is -2.32. The van der Waals surface area contributed by atoms with Gasteiger partial charge in [0.15, 0.2) is 0 Å². The van der Waals surface area contributed by atoms with Crippen molar-refractivity contribution in [3.63, 3.8) is 0 Å². The molecule has 0 radical (unpaired) electrons. The Morgan fingerprint density at radius 3 is 2.77 bits per heavy atom. The first kappa shape index (κ1) is 14.2. The quantitative estimate of drug-likeness (QED) is 0.628. The highest BCUT2D eigenvalue weighted by Gasteiger charge is 2.25. The van der Waals surface area contributed by atoms with Crippen LogP contribution in [0.5, 0.6) is 5.88 Å². The summed E-state index contributed by atoms with van der Waals surface area (Å²) in [6, 6.07) is 5.80. The van der Waals surface area contributed by atoms with Crippen LogP contribution in [-0.2, 0) is 0 Å². The molecule has 2 aromatic rings. The Morgan fingerprint density at radius 2 is 2.09 bits per heavy atom. The lowest BCUT2D eigenvalue weighted by atomic mass is 10.1. The van der Waals surface area contributed by atoms with Gasteiger partial charge in [-0.2, -0.15) is 4.98 Å². The summed E-state index contributed by atoms with van der Waals surface area (Å²) in [6.45, 7) is 1.58.